The van der Waals surface area contributed by atoms with Crippen molar-refractivity contribution in [3.05, 3.63) is 64.2 Å². The first-order chi connectivity index (χ1) is 14.0. The van der Waals surface area contributed by atoms with Gasteiger partial charge in [0.15, 0.2) is 0 Å². The van der Waals surface area contributed by atoms with Gasteiger partial charge in [-0.1, -0.05) is 41.4 Å². The molecule has 0 N–H and O–H groups in total. The number of carbonyl (C=O) groups is 2. The predicted molar refractivity (Wildman–Crippen MR) is 115 cm³/mol. The number of methoxy groups -OCH3 is 1. The van der Waals surface area contributed by atoms with Gasteiger partial charge in [-0.15, -0.1) is 0 Å². The average Bonchev–Trinajstić information content (AvgIpc) is 2.99. The summed E-state index contributed by atoms with van der Waals surface area (Å²) in [5, 5.41) is 0.497. The highest BCUT2D eigenvalue weighted by Gasteiger charge is 2.24. The van der Waals surface area contributed by atoms with Crippen molar-refractivity contribution in [1.29, 1.82) is 0 Å². The van der Waals surface area contributed by atoms with Crippen LogP contribution in [0.2, 0.25) is 5.02 Å². The van der Waals surface area contributed by atoms with E-state index < -0.39 is 0 Å². The Labute approximate surface area is 177 Å². The zero-order chi connectivity index (χ0) is 20.8. The van der Waals surface area contributed by atoms with Crippen LogP contribution in [0.1, 0.15) is 34.3 Å². The minimum absolute atomic E-state index is 0.113. The first-order valence-electron chi connectivity index (χ1n) is 9.94. The first-order valence-corrected chi connectivity index (χ1v) is 10.3. The fourth-order valence-corrected chi connectivity index (χ4v) is 3.72. The molecule has 1 saturated heterocycles. The molecular weight excluding hydrogens is 388 g/mol. The highest BCUT2D eigenvalue weighted by Crippen LogP contribution is 2.24. The van der Waals surface area contributed by atoms with Gasteiger partial charge in [0.05, 0.1) is 12.7 Å². The van der Waals surface area contributed by atoms with Crippen LogP contribution in [0.25, 0.3) is 0 Å². The first kappa shape index (κ1) is 21.2. The van der Waals surface area contributed by atoms with E-state index >= 15 is 0 Å². The van der Waals surface area contributed by atoms with E-state index in [-0.39, 0.29) is 11.8 Å². The van der Waals surface area contributed by atoms with Crippen molar-refractivity contribution in [2.45, 2.75) is 26.2 Å². The smallest absolute Gasteiger partial charge is 0.257 e. The van der Waals surface area contributed by atoms with Crippen molar-refractivity contribution >= 4 is 23.4 Å². The molecule has 0 bridgehead atoms. The molecule has 2 aromatic rings. The molecule has 1 heterocycles. The molecule has 0 aromatic heterocycles. The number of hydrogen-bond acceptors (Lipinski definition) is 3. The van der Waals surface area contributed by atoms with Gasteiger partial charge >= 0.3 is 0 Å². The summed E-state index contributed by atoms with van der Waals surface area (Å²) in [5.41, 5.74) is 2.84. The average molecular weight is 415 g/mol. The highest BCUT2D eigenvalue weighted by atomic mass is 35.5. The number of aryl methyl sites for hydroxylation is 2. The molecule has 1 fully saturated rings. The number of rotatable bonds is 5. The summed E-state index contributed by atoms with van der Waals surface area (Å²) in [4.78, 5) is 29.3. The maximum absolute atomic E-state index is 13.0. The molecule has 154 valence electrons. The highest BCUT2D eigenvalue weighted by molar-refractivity contribution is 6.31. The summed E-state index contributed by atoms with van der Waals surface area (Å²) in [5.74, 6) is 0.535. The van der Waals surface area contributed by atoms with Crippen molar-refractivity contribution in [2.24, 2.45) is 0 Å². The number of benzene rings is 2. The van der Waals surface area contributed by atoms with Crippen LogP contribution in [0.15, 0.2) is 42.5 Å². The van der Waals surface area contributed by atoms with Crippen LogP contribution in [0.4, 0.5) is 0 Å². The second-order valence-electron chi connectivity index (χ2n) is 7.36. The van der Waals surface area contributed by atoms with Gasteiger partial charge in [0.25, 0.3) is 5.91 Å². The number of halogens is 1. The summed E-state index contributed by atoms with van der Waals surface area (Å²) < 4.78 is 5.31. The zero-order valence-electron chi connectivity index (χ0n) is 17.0. The van der Waals surface area contributed by atoms with Crippen molar-refractivity contribution in [2.75, 3.05) is 33.3 Å². The summed E-state index contributed by atoms with van der Waals surface area (Å²) >= 11 is 6.07. The third-order valence-electron chi connectivity index (χ3n) is 5.28. The van der Waals surface area contributed by atoms with E-state index in [1.54, 1.807) is 23.1 Å². The van der Waals surface area contributed by atoms with Gasteiger partial charge in [-0.05, 0) is 43.5 Å². The lowest BCUT2D eigenvalue weighted by Crippen LogP contribution is -2.37. The molecule has 0 radical (unpaired) electrons. The van der Waals surface area contributed by atoms with Crippen LogP contribution in [0.5, 0.6) is 5.75 Å². The number of ether oxygens (including phenoxy) is 1. The Morgan fingerprint density at radius 1 is 1.00 bits per heavy atom. The quantitative estimate of drug-likeness (QED) is 0.743. The van der Waals surface area contributed by atoms with Crippen molar-refractivity contribution in [1.82, 2.24) is 9.80 Å². The monoisotopic (exact) mass is 414 g/mol. The molecule has 1 aliphatic heterocycles. The van der Waals surface area contributed by atoms with Gasteiger partial charge in [-0.3, -0.25) is 9.59 Å². The molecule has 3 rings (SSSR count). The maximum atomic E-state index is 13.0. The Hall–Kier alpha value is -2.53. The van der Waals surface area contributed by atoms with Crippen LogP contribution in [-0.2, 0) is 11.2 Å². The Balaban J connectivity index is 1.58. The van der Waals surface area contributed by atoms with E-state index in [9.17, 15) is 9.59 Å². The fraction of sp³-hybridized carbons (Fsp3) is 0.391. The van der Waals surface area contributed by atoms with E-state index in [4.69, 9.17) is 16.3 Å². The zero-order valence-corrected chi connectivity index (χ0v) is 17.7. The fourth-order valence-electron chi connectivity index (χ4n) is 3.55. The molecule has 0 aliphatic carbocycles. The lowest BCUT2D eigenvalue weighted by atomic mass is 10.1. The van der Waals surface area contributed by atoms with Gasteiger partial charge in [0, 0.05) is 37.6 Å². The van der Waals surface area contributed by atoms with Crippen LogP contribution >= 0.6 is 11.6 Å². The molecule has 29 heavy (non-hydrogen) atoms. The second kappa shape index (κ2) is 9.79. The van der Waals surface area contributed by atoms with Gasteiger partial charge in [-0.2, -0.15) is 0 Å². The van der Waals surface area contributed by atoms with Crippen LogP contribution in [-0.4, -0.2) is 54.9 Å². The Morgan fingerprint density at radius 3 is 2.41 bits per heavy atom. The van der Waals surface area contributed by atoms with Crippen molar-refractivity contribution < 1.29 is 14.3 Å². The normalized spacial score (nSPS) is 14.4. The molecule has 0 unspecified atom stereocenters. The summed E-state index contributed by atoms with van der Waals surface area (Å²) in [6, 6.07) is 13.3. The van der Waals surface area contributed by atoms with Crippen LogP contribution < -0.4 is 4.74 Å². The van der Waals surface area contributed by atoms with Crippen molar-refractivity contribution in [3.8, 4) is 5.75 Å². The lowest BCUT2D eigenvalue weighted by molar-refractivity contribution is -0.131. The number of amides is 2. The van der Waals surface area contributed by atoms with Gasteiger partial charge in [0.2, 0.25) is 5.91 Å². The largest absolute Gasteiger partial charge is 0.496 e. The van der Waals surface area contributed by atoms with Crippen LogP contribution in [0, 0.1) is 6.92 Å². The molecular formula is C23H27ClN2O3. The molecule has 0 atom stereocenters. The van der Waals surface area contributed by atoms with E-state index in [1.165, 1.54) is 18.2 Å². The molecule has 2 aromatic carbocycles. The third kappa shape index (κ3) is 5.51. The summed E-state index contributed by atoms with van der Waals surface area (Å²) in [7, 11) is 1.54. The molecule has 2 amide bonds. The second-order valence-corrected chi connectivity index (χ2v) is 7.79. The summed E-state index contributed by atoms with van der Waals surface area (Å²) in [6.45, 7) is 4.38. The Morgan fingerprint density at radius 2 is 1.69 bits per heavy atom. The molecule has 0 saturated carbocycles. The number of nitrogens with zero attached hydrogens (tertiary/aromatic N) is 2. The lowest BCUT2D eigenvalue weighted by Gasteiger charge is -2.23. The standard InChI is InChI=1S/C23H27ClN2O3/c1-17-4-6-18(7-5-17)8-11-22(27)25-12-3-13-26(15-14-25)23(28)20-16-19(24)9-10-21(20)29-2/h4-7,9-10,16H,3,8,11-15H2,1-2H3. The van der Waals surface area contributed by atoms with Crippen molar-refractivity contribution in [3.63, 3.8) is 0 Å². The predicted octanol–water partition coefficient (Wildman–Crippen LogP) is 3.96. The van der Waals surface area contributed by atoms with E-state index in [2.05, 4.69) is 31.2 Å². The van der Waals surface area contributed by atoms with Gasteiger partial charge in [0.1, 0.15) is 5.75 Å². The summed E-state index contributed by atoms with van der Waals surface area (Å²) in [6.07, 6.45) is 1.97. The number of hydrogen-bond donors (Lipinski definition) is 0. The molecule has 0 spiro atoms. The molecule has 6 heteroatoms. The molecule has 1 aliphatic rings. The SMILES string of the molecule is COc1ccc(Cl)cc1C(=O)N1CCCN(C(=O)CCc2ccc(C)cc2)CC1. The van der Waals surface area contributed by atoms with Gasteiger partial charge in [-0.25, -0.2) is 0 Å². The minimum atomic E-state index is -0.113. The van der Waals surface area contributed by atoms with Gasteiger partial charge < -0.3 is 14.5 Å². The Kier molecular flexibility index (Phi) is 7.15. The topological polar surface area (TPSA) is 49.9 Å². The van der Waals surface area contributed by atoms with E-state index in [0.29, 0.717) is 48.9 Å². The van der Waals surface area contributed by atoms with Crippen LogP contribution in [0.3, 0.4) is 0 Å². The van der Waals surface area contributed by atoms with E-state index in [1.807, 2.05) is 4.90 Å². The Bertz CT molecular complexity index is 867. The van der Waals surface area contributed by atoms with E-state index in [0.717, 1.165) is 12.8 Å². The third-order valence-corrected chi connectivity index (χ3v) is 5.51. The maximum Gasteiger partial charge on any atom is 0.257 e. The minimum Gasteiger partial charge on any atom is -0.496 e. The number of carbonyl (C=O) groups excluding carboxylic acids is 2. The molecule has 5 nitrogen and oxygen atoms in total.